The lowest BCUT2D eigenvalue weighted by atomic mass is 10.2. The molecule has 0 spiro atoms. The second kappa shape index (κ2) is 7.32. The van der Waals surface area contributed by atoms with Crippen LogP contribution in [-0.4, -0.2) is 14.5 Å². The molecule has 0 saturated heterocycles. The van der Waals surface area contributed by atoms with E-state index >= 15 is 0 Å². The first kappa shape index (κ1) is 16.8. The summed E-state index contributed by atoms with van der Waals surface area (Å²) in [7, 11) is 0. The molecular weight excluding hydrogens is 366 g/mol. The lowest BCUT2D eigenvalue weighted by Gasteiger charge is -2.13. The maximum absolute atomic E-state index is 13.1. The third kappa shape index (κ3) is 3.36. The topological polar surface area (TPSA) is 47.8 Å². The number of rotatable bonds is 4. The Hall–Kier alpha value is -2.63. The number of hydrogen-bond acceptors (Lipinski definition) is 4. The Bertz CT molecular complexity index is 1130. The maximum atomic E-state index is 13.1. The first-order valence-electron chi connectivity index (χ1n) is 8.02. The number of fused-ring (bicyclic) bond motifs is 1. The molecule has 2 aromatic heterocycles. The summed E-state index contributed by atoms with van der Waals surface area (Å²) in [4.78, 5) is 21.9. The number of para-hydroxylation sites is 1. The van der Waals surface area contributed by atoms with Gasteiger partial charge in [-0.2, -0.15) is 0 Å². The molecule has 0 radical (unpaired) electrons. The minimum Gasteiger partial charge on any atom is -0.268 e. The average Bonchev–Trinajstić information content (AvgIpc) is 2.67. The van der Waals surface area contributed by atoms with Gasteiger partial charge in [-0.05, 0) is 42.0 Å². The van der Waals surface area contributed by atoms with Crippen LogP contribution in [0, 0.1) is 0 Å². The summed E-state index contributed by atoms with van der Waals surface area (Å²) in [5.41, 5.74) is 2.36. The first-order chi connectivity index (χ1) is 12.7. The number of nitrogens with zero attached hydrogens (tertiary/aromatic N) is 3. The second-order valence-electron chi connectivity index (χ2n) is 5.68. The van der Waals surface area contributed by atoms with Crippen LogP contribution in [0.1, 0.15) is 5.56 Å². The highest BCUT2D eigenvalue weighted by molar-refractivity contribution is 7.98. The van der Waals surface area contributed by atoms with Crippen molar-refractivity contribution in [3.8, 4) is 5.69 Å². The summed E-state index contributed by atoms with van der Waals surface area (Å²) in [6.07, 6.45) is 3.35. The predicted octanol–water partition coefficient (Wildman–Crippen LogP) is 4.73. The number of thioether (sulfide) groups is 1. The van der Waals surface area contributed by atoms with Crippen LogP contribution >= 0.6 is 23.4 Å². The van der Waals surface area contributed by atoms with Gasteiger partial charge in [0.25, 0.3) is 5.56 Å². The van der Waals surface area contributed by atoms with Crippen molar-refractivity contribution in [3.05, 3.63) is 94.0 Å². The molecule has 0 unspecified atom stereocenters. The van der Waals surface area contributed by atoms with E-state index in [2.05, 4.69) is 4.98 Å². The van der Waals surface area contributed by atoms with Gasteiger partial charge < -0.3 is 0 Å². The standard InChI is InChI=1S/C20H14ClN3OS/c21-15-6-3-5-14(11-15)13-26-20-23-18-9-2-1-8-17(18)19(25)24(20)16-7-4-10-22-12-16/h1-12H,13H2. The summed E-state index contributed by atoms with van der Waals surface area (Å²) in [5, 5.41) is 1.91. The highest BCUT2D eigenvalue weighted by Crippen LogP contribution is 2.25. The van der Waals surface area contributed by atoms with E-state index in [-0.39, 0.29) is 5.56 Å². The summed E-state index contributed by atoms with van der Waals surface area (Å²) >= 11 is 7.57. The Morgan fingerprint density at radius 1 is 1.04 bits per heavy atom. The monoisotopic (exact) mass is 379 g/mol. The van der Waals surface area contributed by atoms with Crippen LogP contribution in [-0.2, 0) is 5.75 Å². The number of halogens is 1. The van der Waals surface area contributed by atoms with Crippen molar-refractivity contribution >= 4 is 34.3 Å². The fourth-order valence-corrected chi connectivity index (χ4v) is 3.87. The van der Waals surface area contributed by atoms with Crippen molar-refractivity contribution < 1.29 is 0 Å². The lowest BCUT2D eigenvalue weighted by molar-refractivity contribution is 0.815. The molecule has 0 atom stereocenters. The van der Waals surface area contributed by atoms with Crippen LogP contribution in [0.3, 0.4) is 0 Å². The zero-order valence-corrected chi connectivity index (χ0v) is 15.2. The van der Waals surface area contributed by atoms with E-state index < -0.39 is 0 Å². The molecule has 2 aromatic carbocycles. The summed E-state index contributed by atoms with van der Waals surface area (Å²) in [6, 6.07) is 18.7. The van der Waals surface area contributed by atoms with Crippen LogP contribution in [0.4, 0.5) is 0 Å². The van der Waals surface area contributed by atoms with Gasteiger partial charge in [-0.3, -0.25) is 14.3 Å². The van der Waals surface area contributed by atoms with E-state index in [4.69, 9.17) is 16.6 Å². The van der Waals surface area contributed by atoms with Crippen LogP contribution < -0.4 is 5.56 Å². The van der Waals surface area contributed by atoms with E-state index in [0.29, 0.717) is 32.5 Å². The first-order valence-corrected chi connectivity index (χ1v) is 9.38. The number of benzene rings is 2. The summed E-state index contributed by atoms with van der Waals surface area (Å²) in [6.45, 7) is 0. The molecule has 0 bridgehead atoms. The molecule has 128 valence electrons. The minimum absolute atomic E-state index is 0.0998. The molecule has 0 saturated carbocycles. The fourth-order valence-electron chi connectivity index (χ4n) is 2.70. The molecule has 4 aromatic rings. The molecule has 4 rings (SSSR count). The molecule has 0 aliphatic heterocycles. The summed E-state index contributed by atoms with van der Waals surface area (Å²) < 4.78 is 1.62. The molecule has 2 heterocycles. The van der Waals surface area contributed by atoms with Crippen LogP contribution in [0.25, 0.3) is 16.6 Å². The van der Waals surface area contributed by atoms with Gasteiger partial charge in [0.05, 0.1) is 22.8 Å². The molecule has 4 nitrogen and oxygen atoms in total. The van der Waals surface area contributed by atoms with Crippen LogP contribution in [0.2, 0.25) is 5.02 Å². The molecular formula is C20H14ClN3OS. The molecule has 26 heavy (non-hydrogen) atoms. The Morgan fingerprint density at radius 2 is 1.92 bits per heavy atom. The zero-order chi connectivity index (χ0) is 17.9. The van der Waals surface area contributed by atoms with Gasteiger partial charge in [0.2, 0.25) is 0 Å². The third-order valence-electron chi connectivity index (χ3n) is 3.91. The average molecular weight is 380 g/mol. The van der Waals surface area contributed by atoms with Crippen molar-refractivity contribution in [3.63, 3.8) is 0 Å². The third-order valence-corrected chi connectivity index (χ3v) is 5.15. The maximum Gasteiger partial charge on any atom is 0.266 e. The Labute approximate surface area is 159 Å². The lowest BCUT2D eigenvalue weighted by Crippen LogP contribution is -2.21. The SMILES string of the molecule is O=c1c2ccccc2nc(SCc2cccc(Cl)c2)n1-c1cccnc1. The van der Waals surface area contributed by atoms with Crippen molar-refractivity contribution in [1.82, 2.24) is 14.5 Å². The van der Waals surface area contributed by atoms with Gasteiger partial charge in [-0.25, -0.2) is 4.98 Å². The largest absolute Gasteiger partial charge is 0.268 e. The van der Waals surface area contributed by atoms with Gasteiger partial charge in [0.1, 0.15) is 0 Å². The molecule has 0 fully saturated rings. The van der Waals surface area contributed by atoms with E-state index in [1.165, 1.54) is 11.8 Å². The van der Waals surface area contributed by atoms with E-state index in [9.17, 15) is 4.79 Å². The number of pyridine rings is 1. The van der Waals surface area contributed by atoms with Crippen molar-refractivity contribution in [2.45, 2.75) is 10.9 Å². The highest BCUT2D eigenvalue weighted by Gasteiger charge is 2.13. The number of aromatic nitrogens is 3. The van der Waals surface area contributed by atoms with Crippen molar-refractivity contribution in [2.75, 3.05) is 0 Å². The number of hydrogen-bond donors (Lipinski definition) is 0. The van der Waals surface area contributed by atoms with Gasteiger partial charge >= 0.3 is 0 Å². The Morgan fingerprint density at radius 3 is 2.73 bits per heavy atom. The van der Waals surface area contributed by atoms with Crippen LogP contribution in [0.15, 0.2) is 83.0 Å². The predicted molar refractivity (Wildman–Crippen MR) is 106 cm³/mol. The Balaban J connectivity index is 1.83. The van der Waals surface area contributed by atoms with Crippen molar-refractivity contribution in [2.24, 2.45) is 0 Å². The molecule has 0 aliphatic carbocycles. The smallest absolute Gasteiger partial charge is 0.266 e. The highest BCUT2D eigenvalue weighted by atomic mass is 35.5. The zero-order valence-electron chi connectivity index (χ0n) is 13.7. The van der Waals surface area contributed by atoms with Crippen molar-refractivity contribution in [1.29, 1.82) is 0 Å². The Kier molecular flexibility index (Phi) is 4.73. The normalized spacial score (nSPS) is 11.0. The van der Waals surface area contributed by atoms with E-state index in [1.54, 1.807) is 23.0 Å². The quantitative estimate of drug-likeness (QED) is 0.380. The molecule has 0 N–H and O–H groups in total. The van der Waals surface area contributed by atoms with Gasteiger partial charge in [0.15, 0.2) is 5.16 Å². The fraction of sp³-hybridized carbons (Fsp3) is 0.0500. The van der Waals surface area contributed by atoms with E-state index in [1.807, 2.05) is 54.6 Å². The molecule has 6 heteroatoms. The van der Waals surface area contributed by atoms with Gasteiger partial charge in [0, 0.05) is 17.0 Å². The molecule has 0 amide bonds. The second-order valence-corrected chi connectivity index (χ2v) is 7.06. The van der Waals surface area contributed by atoms with Gasteiger partial charge in [-0.15, -0.1) is 0 Å². The van der Waals surface area contributed by atoms with E-state index in [0.717, 1.165) is 5.56 Å². The minimum atomic E-state index is -0.0998. The summed E-state index contributed by atoms with van der Waals surface area (Å²) in [5.74, 6) is 0.658. The molecule has 0 aliphatic rings. The van der Waals surface area contributed by atoms with Crippen LogP contribution in [0.5, 0.6) is 0 Å². The van der Waals surface area contributed by atoms with Gasteiger partial charge in [-0.1, -0.05) is 47.6 Å².